The van der Waals surface area contributed by atoms with Crippen LogP contribution in [0.3, 0.4) is 0 Å². The highest BCUT2D eigenvalue weighted by molar-refractivity contribution is 7.14. The molecular formula is C15H15NO2S2. The average molecular weight is 305 g/mol. The minimum atomic E-state index is -0.0552. The van der Waals surface area contributed by atoms with Crippen LogP contribution in [0.15, 0.2) is 29.0 Å². The summed E-state index contributed by atoms with van der Waals surface area (Å²) in [5.74, 6) is 5.72. The first-order valence-electron chi connectivity index (χ1n) is 6.28. The lowest BCUT2D eigenvalue weighted by atomic mass is 10.2. The van der Waals surface area contributed by atoms with Gasteiger partial charge in [-0.3, -0.25) is 4.79 Å². The number of hydrogen-bond donors (Lipinski definition) is 2. The van der Waals surface area contributed by atoms with Crippen LogP contribution in [0.25, 0.3) is 0 Å². The van der Waals surface area contributed by atoms with Gasteiger partial charge in [-0.15, -0.1) is 11.3 Å². The van der Waals surface area contributed by atoms with Crippen molar-refractivity contribution in [2.24, 2.45) is 0 Å². The third kappa shape index (κ3) is 4.49. The number of thiophene rings is 2. The highest BCUT2D eigenvalue weighted by Gasteiger charge is 2.07. The average Bonchev–Trinajstić information content (AvgIpc) is 3.10. The van der Waals surface area contributed by atoms with Gasteiger partial charge in [0.15, 0.2) is 0 Å². The molecule has 0 aliphatic rings. The van der Waals surface area contributed by atoms with Crippen LogP contribution in [0.1, 0.15) is 26.5 Å². The van der Waals surface area contributed by atoms with Crippen LogP contribution in [-0.4, -0.2) is 24.2 Å². The Morgan fingerprint density at radius 1 is 1.35 bits per heavy atom. The Morgan fingerprint density at radius 3 is 3.00 bits per heavy atom. The number of rotatable bonds is 5. The Kier molecular flexibility index (Phi) is 5.81. The molecular weight excluding hydrogens is 290 g/mol. The highest BCUT2D eigenvalue weighted by atomic mass is 32.1. The largest absolute Gasteiger partial charge is 0.395 e. The van der Waals surface area contributed by atoms with Gasteiger partial charge in [0.05, 0.1) is 16.4 Å². The number of hydrogen-bond acceptors (Lipinski definition) is 4. The summed E-state index contributed by atoms with van der Waals surface area (Å²) in [5.41, 5.74) is 1.25. The minimum Gasteiger partial charge on any atom is -0.395 e. The highest BCUT2D eigenvalue weighted by Crippen LogP contribution is 2.15. The summed E-state index contributed by atoms with van der Waals surface area (Å²) in [5, 5.41) is 15.7. The quantitative estimate of drug-likeness (QED) is 0.834. The van der Waals surface area contributed by atoms with Crippen molar-refractivity contribution in [1.82, 2.24) is 5.32 Å². The summed E-state index contributed by atoms with van der Waals surface area (Å²) in [6, 6.07) is 5.69. The Labute approximate surface area is 126 Å². The van der Waals surface area contributed by atoms with E-state index in [4.69, 9.17) is 5.11 Å². The standard InChI is InChI=1S/C15H15NO2S2/c17-9-2-1-3-13-4-5-14(20-13)15(18)16-8-6-12-7-10-19-11-12/h4-5,7,10-11,17H,2,6,8-9H2,(H,16,18). The van der Waals surface area contributed by atoms with Gasteiger partial charge in [0.1, 0.15) is 0 Å². The van der Waals surface area contributed by atoms with Crippen LogP contribution >= 0.6 is 22.7 Å². The maximum atomic E-state index is 11.9. The SMILES string of the molecule is O=C(NCCc1ccsc1)c1ccc(C#CCCO)s1. The summed E-state index contributed by atoms with van der Waals surface area (Å²) < 4.78 is 0. The second-order valence-corrected chi connectivity index (χ2v) is 5.94. The van der Waals surface area contributed by atoms with Gasteiger partial charge in [-0.25, -0.2) is 0 Å². The van der Waals surface area contributed by atoms with Crippen molar-refractivity contribution in [3.05, 3.63) is 44.3 Å². The zero-order valence-corrected chi connectivity index (χ0v) is 12.5. The van der Waals surface area contributed by atoms with Gasteiger partial charge in [-0.1, -0.05) is 11.8 Å². The van der Waals surface area contributed by atoms with Crippen molar-refractivity contribution in [3.63, 3.8) is 0 Å². The predicted molar refractivity (Wildman–Crippen MR) is 83.3 cm³/mol. The first kappa shape index (κ1) is 14.8. The molecule has 0 saturated heterocycles. The van der Waals surface area contributed by atoms with Gasteiger partial charge >= 0.3 is 0 Å². The summed E-state index contributed by atoms with van der Waals surface area (Å²) in [4.78, 5) is 13.4. The van der Waals surface area contributed by atoms with Crippen LogP contribution in [0.5, 0.6) is 0 Å². The molecule has 20 heavy (non-hydrogen) atoms. The molecule has 2 rings (SSSR count). The first-order valence-corrected chi connectivity index (χ1v) is 8.04. The lowest BCUT2D eigenvalue weighted by Crippen LogP contribution is -2.24. The Hall–Kier alpha value is -1.61. The molecule has 3 nitrogen and oxygen atoms in total. The molecule has 5 heteroatoms. The molecule has 0 aliphatic heterocycles. The minimum absolute atomic E-state index is 0.0552. The van der Waals surface area contributed by atoms with Crippen molar-refractivity contribution in [3.8, 4) is 11.8 Å². The molecule has 0 bridgehead atoms. The first-order chi connectivity index (χ1) is 9.79. The fourth-order valence-corrected chi connectivity index (χ4v) is 3.08. The summed E-state index contributed by atoms with van der Waals surface area (Å²) in [6.45, 7) is 0.702. The van der Waals surface area contributed by atoms with E-state index in [0.29, 0.717) is 17.8 Å². The molecule has 1 amide bonds. The van der Waals surface area contributed by atoms with E-state index in [1.807, 2.05) is 11.4 Å². The van der Waals surface area contributed by atoms with Gasteiger partial charge in [-0.05, 0) is 40.9 Å². The maximum Gasteiger partial charge on any atom is 0.261 e. The molecule has 2 N–H and O–H groups in total. The predicted octanol–water partition coefficient (Wildman–Crippen LogP) is 2.52. The molecule has 0 atom stereocenters. The van der Waals surface area contributed by atoms with Crippen LogP contribution < -0.4 is 5.32 Å². The molecule has 0 fully saturated rings. The monoisotopic (exact) mass is 305 g/mol. The zero-order chi connectivity index (χ0) is 14.2. The fourth-order valence-electron chi connectivity index (χ4n) is 1.57. The Balaban J connectivity index is 1.82. The number of aliphatic hydroxyl groups excluding tert-OH is 1. The fraction of sp³-hybridized carbons (Fsp3) is 0.267. The van der Waals surface area contributed by atoms with Crippen LogP contribution in [-0.2, 0) is 6.42 Å². The number of carbonyl (C=O) groups is 1. The molecule has 0 aromatic carbocycles. The van der Waals surface area contributed by atoms with Crippen molar-refractivity contribution in [2.75, 3.05) is 13.2 Å². The smallest absolute Gasteiger partial charge is 0.261 e. The number of nitrogens with one attached hydrogen (secondary N) is 1. The summed E-state index contributed by atoms with van der Waals surface area (Å²) in [6.07, 6.45) is 1.31. The normalized spacial score (nSPS) is 9.85. The summed E-state index contributed by atoms with van der Waals surface area (Å²) >= 11 is 3.04. The van der Waals surface area contributed by atoms with E-state index in [2.05, 4.69) is 28.6 Å². The Bertz CT molecular complexity index is 605. The molecule has 104 valence electrons. The van der Waals surface area contributed by atoms with Gasteiger partial charge in [0, 0.05) is 13.0 Å². The topological polar surface area (TPSA) is 49.3 Å². The van der Waals surface area contributed by atoms with Crippen molar-refractivity contribution < 1.29 is 9.90 Å². The molecule has 0 radical (unpaired) electrons. The van der Waals surface area contributed by atoms with Crippen LogP contribution in [0, 0.1) is 11.8 Å². The van der Waals surface area contributed by atoms with Crippen molar-refractivity contribution in [2.45, 2.75) is 12.8 Å². The lowest BCUT2D eigenvalue weighted by Gasteiger charge is -2.01. The second kappa shape index (κ2) is 7.85. The molecule has 0 spiro atoms. The lowest BCUT2D eigenvalue weighted by molar-refractivity contribution is 0.0958. The maximum absolute atomic E-state index is 11.9. The van der Waals surface area contributed by atoms with Crippen molar-refractivity contribution >= 4 is 28.6 Å². The van der Waals surface area contributed by atoms with E-state index in [-0.39, 0.29) is 12.5 Å². The van der Waals surface area contributed by atoms with Gasteiger partial charge in [0.2, 0.25) is 0 Å². The molecule has 0 saturated carbocycles. The Morgan fingerprint density at radius 2 is 2.25 bits per heavy atom. The number of amides is 1. The van der Waals surface area contributed by atoms with Crippen molar-refractivity contribution in [1.29, 1.82) is 0 Å². The van der Waals surface area contributed by atoms with Crippen LogP contribution in [0.2, 0.25) is 0 Å². The van der Waals surface area contributed by atoms with Crippen LogP contribution in [0.4, 0.5) is 0 Å². The number of aliphatic hydroxyl groups is 1. The van der Waals surface area contributed by atoms with Gasteiger partial charge in [0.25, 0.3) is 5.91 Å². The molecule has 0 unspecified atom stereocenters. The van der Waals surface area contributed by atoms with E-state index in [9.17, 15) is 4.79 Å². The van der Waals surface area contributed by atoms with E-state index in [1.54, 1.807) is 17.4 Å². The molecule has 2 heterocycles. The number of carbonyl (C=O) groups excluding carboxylic acids is 1. The van der Waals surface area contributed by atoms with Gasteiger partial charge < -0.3 is 10.4 Å². The van der Waals surface area contributed by atoms with E-state index >= 15 is 0 Å². The van der Waals surface area contributed by atoms with E-state index in [0.717, 1.165) is 11.3 Å². The van der Waals surface area contributed by atoms with E-state index < -0.39 is 0 Å². The molecule has 0 aliphatic carbocycles. The molecule has 2 aromatic heterocycles. The van der Waals surface area contributed by atoms with Gasteiger partial charge in [-0.2, -0.15) is 11.3 Å². The third-order valence-electron chi connectivity index (χ3n) is 2.56. The third-order valence-corrected chi connectivity index (χ3v) is 4.29. The summed E-state index contributed by atoms with van der Waals surface area (Å²) in [7, 11) is 0. The van der Waals surface area contributed by atoms with E-state index in [1.165, 1.54) is 16.9 Å². The zero-order valence-electron chi connectivity index (χ0n) is 10.9. The second-order valence-electron chi connectivity index (χ2n) is 4.08. The molecule has 2 aromatic rings.